The number of benzene rings is 2. The van der Waals surface area contributed by atoms with Crippen LogP contribution >= 0.6 is 27.3 Å². The van der Waals surface area contributed by atoms with Crippen LogP contribution in [0.25, 0.3) is 6.08 Å². The number of hydrogen-bond donors (Lipinski definition) is 0. The second-order valence-corrected chi connectivity index (χ2v) is 9.97. The Bertz CT molecular complexity index is 1510. The van der Waals surface area contributed by atoms with Gasteiger partial charge in [0.2, 0.25) is 0 Å². The number of ether oxygens (including phenoxy) is 3. The molecule has 2 aromatic carbocycles. The molecule has 0 fully saturated rings. The summed E-state index contributed by atoms with van der Waals surface area (Å²) >= 11 is 4.82. The van der Waals surface area contributed by atoms with E-state index in [9.17, 15) is 9.59 Å². The van der Waals surface area contributed by atoms with Gasteiger partial charge in [0, 0.05) is 15.6 Å². The molecular weight excluding hydrogens is 544 g/mol. The zero-order valence-corrected chi connectivity index (χ0v) is 22.9. The third kappa shape index (κ3) is 4.90. The van der Waals surface area contributed by atoms with Crippen molar-refractivity contribution < 1.29 is 19.0 Å². The van der Waals surface area contributed by atoms with Crippen LogP contribution in [0.5, 0.6) is 11.5 Å². The standard InChI is InChI=1S/C27H27BrN2O5S/c1-5-9-19-23(26(32)35-6-2)24(18-15-17(28)12-13-21(18)34-4)30-25(31)22(36-27(30)29-19)14-16-10-7-8-11-20(16)33-3/h7-8,10-15,24H,5-6,9H2,1-4H3/b22-14+/t24-/m1/s1. The lowest BCUT2D eigenvalue weighted by Crippen LogP contribution is -2.40. The van der Waals surface area contributed by atoms with Gasteiger partial charge in [0.1, 0.15) is 17.5 Å². The van der Waals surface area contributed by atoms with Crippen molar-refractivity contribution in [3.63, 3.8) is 0 Å². The molecule has 7 nitrogen and oxygen atoms in total. The molecule has 1 atom stereocenters. The zero-order valence-electron chi connectivity index (χ0n) is 20.5. The lowest BCUT2D eigenvalue weighted by atomic mass is 9.93. The van der Waals surface area contributed by atoms with E-state index in [1.807, 2.05) is 49.4 Å². The number of halogens is 1. The van der Waals surface area contributed by atoms with Gasteiger partial charge in [-0.25, -0.2) is 9.79 Å². The van der Waals surface area contributed by atoms with Crippen molar-refractivity contribution in [2.75, 3.05) is 20.8 Å². The average Bonchev–Trinajstić information content (AvgIpc) is 3.18. The first-order valence-corrected chi connectivity index (χ1v) is 13.2. The summed E-state index contributed by atoms with van der Waals surface area (Å²) in [6.45, 7) is 3.99. The Morgan fingerprint density at radius 1 is 1.14 bits per heavy atom. The Balaban J connectivity index is 2.06. The summed E-state index contributed by atoms with van der Waals surface area (Å²) in [6.07, 6.45) is 3.14. The first-order valence-electron chi connectivity index (χ1n) is 11.6. The highest BCUT2D eigenvalue weighted by molar-refractivity contribution is 9.10. The Kier molecular flexibility index (Phi) is 8.11. The first-order chi connectivity index (χ1) is 17.4. The Labute approximate surface area is 221 Å². The minimum absolute atomic E-state index is 0.211. The van der Waals surface area contributed by atoms with Crippen molar-refractivity contribution >= 4 is 39.3 Å². The van der Waals surface area contributed by atoms with E-state index in [-0.39, 0.29) is 12.2 Å². The third-order valence-corrected chi connectivity index (χ3v) is 7.28. The lowest BCUT2D eigenvalue weighted by molar-refractivity contribution is -0.139. The molecule has 1 aromatic heterocycles. The maximum atomic E-state index is 13.9. The number of para-hydroxylation sites is 1. The molecule has 0 unspecified atom stereocenters. The normalized spacial score (nSPS) is 15.4. The molecule has 2 heterocycles. The van der Waals surface area contributed by atoms with E-state index >= 15 is 0 Å². The van der Waals surface area contributed by atoms with Crippen LogP contribution in [0, 0.1) is 0 Å². The van der Waals surface area contributed by atoms with Crippen molar-refractivity contribution in [1.82, 2.24) is 4.57 Å². The number of rotatable bonds is 8. The average molecular weight is 571 g/mol. The molecular formula is C27H27BrN2O5S. The number of aromatic nitrogens is 1. The van der Waals surface area contributed by atoms with Crippen molar-refractivity contribution in [2.24, 2.45) is 4.99 Å². The predicted octanol–water partition coefficient (Wildman–Crippen LogP) is 4.36. The van der Waals surface area contributed by atoms with Gasteiger partial charge in [0.25, 0.3) is 5.56 Å². The third-order valence-electron chi connectivity index (χ3n) is 5.80. The molecule has 0 N–H and O–H groups in total. The van der Waals surface area contributed by atoms with E-state index in [0.29, 0.717) is 44.1 Å². The number of esters is 1. The number of allylic oxidation sites excluding steroid dienone is 1. The van der Waals surface area contributed by atoms with Gasteiger partial charge in [-0.1, -0.05) is 58.8 Å². The first kappa shape index (κ1) is 25.9. The van der Waals surface area contributed by atoms with Gasteiger partial charge in [-0.15, -0.1) is 0 Å². The molecule has 4 rings (SSSR count). The van der Waals surface area contributed by atoms with Gasteiger partial charge in [-0.2, -0.15) is 0 Å². The van der Waals surface area contributed by atoms with Gasteiger partial charge in [-0.05, 0) is 43.7 Å². The maximum absolute atomic E-state index is 13.9. The summed E-state index contributed by atoms with van der Waals surface area (Å²) in [5.41, 5.74) is 2.16. The molecule has 0 radical (unpaired) electrons. The second kappa shape index (κ2) is 11.3. The highest BCUT2D eigenvalue weighted by Gasteiger charge is 2.36. The topological polar surface area (TPSA) is 79.1 Å². The Morgan fingerprint density at radius 2 is 1.89 bits per heavy atom. The van der Waals surface area contributed by atoms with Gasteiger partial charge in [-0.3, -0.25) is 9.36 Å². The van der Waals surface area contributed by atoms with Crippen LogP contribution in [-0.4, -0.2) is 31.4 Å². The molecule has 36 heavy (non-hydrogen) atoms. The largest absolute Gasteiger partial charge is 0.496 e. The fourth-order valence-electron chi connectivity index (χ4n) is 4.26. The van der Waals surface area contributed by atoms with Crippen LogP contribution in [0.1, 0.15) is 43.9 Å². The lowest BCUT2D eigenvalue weighted by Gasteiger charge is -2.27. The van der Waals surface area contributed by atoms with Crippen LogP contribution in [0.4, 0.5) is 0 Å². The smallest absolute Gasteiger partial charge is 0.338 e. The van der Waals surface area contributed by atoms with E-state index in [2.05, 4.69) is 15.9 Å². The SMILES string of the molecule is CCCC1=C(C(=O)OCC)[C@@H](c2cc(Br)ccc2OC)n2c(s/c(=C/c3ccccc3OC)c2=O)=N1. The summed E-state index contributed by atoms with van der Waals surface area (Å²) in [5, 5.41) is 0. The Hall–Kier alpha value is -3.17. The van der Waals surface area contributed by atoms with E-state index in [4.69, 9.17) is 19.2 Å². The van der Waals surface area contributed by atoms with Crippen LogP contribution in [0.2, 0.25) is 0 Å². The molecule has 1 aliphatic heterocycles. The van der Waals surface area contributed by atoms with Crippen molar-refractivity contribution in [3.8, 4) is 11.5 Å². The molecule has 0 saturated carbocycles. The quantitative estimate of drug-likeness (QED) is 0.376. The number of carbonyl (C=O) groups is 1. The number of thiazole rings is 1. The molecule has 0 aliphatic carbocycles. The fraction of sp³-hybridized carbons (Fsp3) is 0.296. The molecule has 188 valence electrons. The van der Waals surface area contributed by atoms with Crippen molar-refractivity contribution in [1.29, 1.82) is 0 Å². The molecule has 0 bridgehead atoms. The van der Waals surface area contributed by atoms with E-state index in [1.54, 1.807) is 31.8 Å². The molecule has 3 aromatic rings. The molecule has 0 spiro atoms. The minimum atomic E-state index is -0.755. The maximum Gasteiger partial charge on any atom is 0.338 e. The number of nitrogens with zero attached hydrogens (tertiary/aromatic N) is 2. The highest BCUT2D eigenvalue weighted by Crippen LogP contribution is 2.38. The zero-order chi connectivity index (χ0) is 25.8. The van der Waals surface area contributed by atoms with Crippen LogP contribution in [0.3, 0.4) is 0 Å². The minimum Gasteiger partial charge on any atom is -0.496 e. The van der Waals surface area contributed by atoms with Crippen LogP contribution in [0.15, 0.2) is 68.0 Å². The van der Waals surface area contributed by atoms with E-state index in [0.717, 1.165) is 16.5 Å². The predicted molar refractivity (Wildman–Crippen MR) is 143 cm³/mol. The monoisotopic (exact) mass is 570 g/mol. The molecule has 9 heteroatoms. The summed E-state index contributed by atoms with van der Waals surface area (Å²) < 4.78 is 19.4. The molecule has 0 amide bonds. The number of methoxy groups -OCH3 is 2. The van der Waals surface area contributed by atoms with Gasteiger partial charge < -0.3 is 14.2 Å². The van der Waals surface area contributed by atoms with E-state index in [1.165, 1.54) is 11.3 Å². The Morgan fingerprint density at radius 3 is 2.58 bits per heavy atom. The number of hydrogen-bond acceptors (Lipinski definition) is 7. The summed E-state index contributed by atoms with van der Waals surface area (Å²) in [5.74, 6) is 0.727. The number of carbonyl (C=O) groups excluding carboxylic acids is 1. The van der Waals surface area contributed by atoms with E-state index < -0.39 is 12.0 Å². The highest BCUT2D eigenvalue weighted by atomic mass is 79.9. The van der Waals surface area contributed by atoms with Crippen LogP contribution < -0.4 is 24.4 Å². The number of fused-ring (bicyclic) bond motifs is 1. The van der Waals surface area contributed by atoms with Gasteiger partial charge in [0.15, 0.2) is 4.80 Å². The molecule has 0 saturated heterocycles. The van der Waals surface area contributed by atoms with Gasteiger partial charge >= 0.3 is 5.97 Å². The summed E-state index contributed by atoms with van der Waals surface area (Å²) in [7, 11) is 3.16. The summed E-state index contributed by atoms with van der Waals surface area (Å²) in [6, 6.07) is 12.3. The second-order valence-electron chi connectivity index (χ2n) is 8.04. The molecule has 1 aliphatic rings. The van der Waals surface area contributed by atoms with Gasteiger partial charge in [0.05, 0.1) is 36.6 Å². The van der Waals surface area contributed by atoms with Crippen molar-refractivity contribution in [3.05, 3.63) is 89.0 Å². The van der Waals surface area contributed by atoms with Crippen molar-refractivity contribution in [2.45, 2.75) is 32.7 Å². The van der Waals surface area contributed by atoms with Crippen LogP contribution in [-0.2, 0) is 9.53 Å². The fourth-order valence-corrected chi connectivity index (χ4v) is 5.65. The summed E-state index contributed by atoms with van der Waals surface area (Å²) in [4.78, 5) is 32.5.